The van der Waals surface area contributed by atoms with Crippen LogP contribution in [0.2, 0.25) is 0 Å². The number of amides is 1. The zero-order chi connectivity index (χ0) is 22.0. The Balaban J connectivity index is 1.68. The van der Waals surface area contributed by atoms with E-state index in [0.717, 1.165) is 10.9 Å². The van der Waals surface area contributed by atoms with Crippen molar-refractivity contribution in [3.05, 3.63) is 83.3 Å². The predicted molar refractivity (Wildman–Crippen MR) is 117 cm³/mol. The van der Waals surface area contributed by atoms with Crippen LogP contribution in [0.25, 0.3) is 11.0 Å². The Bertz CT molecular complexity index is 1100. The second-order valence-electron chi connectivity index (χ2n) is 7.82. The van der Waals surface area contributed by atoms with Gasteiger partial charge in [0, 0.05) is 18.5 Å². The van der Waals surface area contributed by atoms with Crippen LogP contribution in [-0.2, 0) is 9.53 Å². The molecular formula is C25H25NO5. The maximum Gasteiger partial charge on any atom is 0.290 e. The lowest BCUT2D eigenvalue weighted by molar-refractivity contribution is -0.129. The van der Waals surface area contributed by atoms with Crippen molar-refractivity contribution in [2.45, 2.75) is 32.4 Å². The van der Waals surface area contributed by atoms with E-state index in [1.165, 1.54) is 4.90 Å². The van der Waals surface area contributed by atoms with Crippen LogP contribution in [0, 0.1) is 0 Å². The lowest BCUT2D eigenvalue weighted by atomic mass is 9.95. The first-order valence-corrected chi connectivity index (χ1v) is 10.4. The van der Waals surface area contributed by atoms with Gasteiger partial charge in [-0.05, 0) is 38.0 Å². The van der Waals surface area contributed by atoms with Crippen molar-refractivity contribution < 1.29 is 23.8 Å². The number of fused-ring (bicyclic) bond motifs is 1. The summed E-state index contributed by atoms with van der Waals surface area (Å²) in [4.78, 5) is 27.9. The zero-order valence-electron chi connectivity index (χ0n) is 17.6. The van der Waals surface area contributed by atoms with E-state index in [4.69, 9.17) is 9.15 Å². The number of furan rings is 1. The van der Waals surface area contributed by atoms with Crippen LogP contribution >= 0.6 is 0 Å². The van der Waals surface area contributed by atoms with Crippen molar-refractivity contribution >= 4 is 22.7 Å². The molecule has 1 aliphatic heterocycles. The molecule has 2 heterocycles. The quantitative estimate of drug-likeness (QED) is 0.418. The van der Waals surface area contributed by atoms with Gasteiger partial charge in [-0.2, -0.15) is 0 Å². The third-order valence-electron chi connectivity index (χ3n) is 5.31. The Hall–Kier alpha value is -3.38. The van der Waals surface area contributed by atoms with Crippen LogP contribution in [0.4, 0.5) is 0 Å². The molecule has 0 bridgehead atoms. The first-order valence-electron chi connectivity index (χ1n) is 10.4. The van der Waals surface area contributed by atoms with Crippen LogP contribution in [-0.4, -0.2) is 41.0 Å². The number of benzene rings is 2. The van der Waals surface area contributed by atoms with Crippen molar-refractivity contribution in [1.82, 2.24) is 4.90 Å². The van der Waals surface area contributed by atoms with Crippen molar-refractivity contribution in [2.24, 2.45) is 0 Å². The number of ether oxygens (including phenoxy) is 1. The highest BCUT2D eigenvalue weighted by atomic mass is 16.5. The van der Waals surface area contributed by atoms with Gasteiger partial charge >= 0.3 is 0 Å². The molecule has 6 heteroatoms. The Morgan fingerprint density at radius 3 is 2.55 bits per heavy atom. The van der Waals surface area contributed by atoms with E-state index in [-0.39, 0.29) is 17.4 Å². The minimum atomic E-state index is -0.687. The number of para-hydroxylation sites is 1. The number of nitrogens with zero attached hydrogens (tertiary/aromatic N) is 1. The van der Waals surface area contributed by atoms with Gasteiger partial charge in [0.15, 0.2) is 11.5 Å². The molecule has 0 saturated carbocycles. The Morgan fingerprint density at radius 1 is 1.13 bits per heavy atom. The number of carbonyl (C=O) groups is 2. The number of ketones is 1. The number of aliphatic hydroxyl groups is 1. The van der Waals surface area contributed by atoms with E-state index >= 15 is 0 Å². The summed E-state index contributed by atoms with van der Waals surface area (Å²) < 4.78 is 11.3. The molecule has 0 radical (unpaired) electrons. The fourth-order valence-electron chi connectivity index (χ4n) is 3.88. The third kappa shape index (κ3) is 4.11. The van der Waals surface area contributed by atoms with Gasteiger partial charge in [0.05, 0.1) is 17.7 Å². The standard InChI is InChI=1S/C25H25NO5/c1-16(2)30-14-8-13-26-22(17-9-4-3-5-10-17)21(24(28)25(26)29)23(27)20-15-18-11-6-7-12-19(18)31-20/h3-7,9-12,15-16,22,28H,8,13-14H2,1-2H3. The average molecular weight is 419 g/mol. The molecule has 0 aliphatic carbocycles. The summed E-state index contributed by atoms with van der Waals surface area (Å²) in [7, 11) is 0. The minimum Gasteiger partial charge on any atom is -0.503 e. The van der Waals surface area contributed by atoms with E-state index in [1.807, 2.05) is 62.4 Å². The highest BCUT2D eigenvalue weighted by molar-refractivity contribution is 6.16. The number of carbonyl (C=O) groups excluding carboxylic acids is 2. The van der Waals surface area contributed by atoms with Gasteiger partial charge in [0.2, 0.25) is 5.78 Å². The molecule has 3 aromatic rings. The maximum absolute atomic E-state index is 13.4. The van der Waals surface area contributed by atoms with Gasteiger partial charge in [-0.3, -0.25) is 9.59 Å². The molecule has 0 saturated heterocycles. The molecular weight excluding hydrogens is 394 g/mol. The molecule has 1 N–H and O–H groups in total. The first kappa shape index (κ1) is 20.9. The van der Waals surface area contributed by atoms with E-state index in [0.29, 0.717) is 25.2 Å². The second kappa shape index (κ2) is 8.78. The fourth-order valence-corrected chi connectivity index (χ4v) is 3.88. The molecule has 31 heavy (non-hydrogen) atoms. The second-order valence-corrected chi connectivity index (χ2v) is 7.82. The molecule has 4 rings (SSSR count). The van der Waals surface area contributed by atoms with E-state index < -0.39 is 23.5 Å². The highest BCUT2D eigenvalue weighted by Crippen LogP contribution is 2.39. The summed E-state index contributed by atoms with van der Waals surface area (Å²) >= 11 is 0. The van der Waals surface area contributed by atoms with Gasteiger partial charge in [-0.1, -0.05) is 48.5 Å². The fraction of sp³-hybridized carbons (Fsp3) is 0.280. The summed E-state index contributed by atoms with van der Waals surface area (Å²) in [5.41, 5.74) is 1.37. The smallest absolute Gasteiger partial charge is 0.290 e. The monoisotopic (exact) mass is 419 g/mol. The molecule has 160 valence electrons. The number of hydrogen-bond acceptors (Lipinski definition) is 5. The molecule has 1 atom stereocenters. The maximum atomic E-state index is 13.4. The SMILES string of the molecule is CC(C)OCCCN1C(=O)C(O)=C(C(=O)c2cc3ccccc3o2)C1c1ccccc1. The molecule has 1 amide bonds. The van der Waals surface area contributed by atoms with Gasteiger partial charge in [0.25, 0.3) is 5.91 Å². The topological polar surface area (TPSA) is 80.0 Å². The normalized spacial score (nSPS) is 16.7. The van der Waals surface area contributed by atoms with E-state index in [1.54, 1.807) is 12.1 Å². The van der Waals surface area contributed by atoms with Gasteiger partial charge in [-0.25, -0.2) is 0 Å². The summed E-state index contributed by atoms with van der Waals surface area (Å²) in [6.45, 7) is 4.74. The lowest BCUT2D eigenvalue weighted by Crippen LogP contribution is -2.32. The van der Waals surface area contributed by atoms with Crippen LogP contribution in [0.15, 0.2) is 76.4 Å². The summed E-state index contributed by atoms with van der Waals surface area (Å²) in [6.07, 6.45) is 0.683. The lowest BCUT2D eigenvalue weighted by Gasteiger charge is -2.26. The Morgan fingerprint density at radius 2 is 1.84 bits per heavy atom. The average Bonchev–Trinajstić information content (AvgIpc) is 3.31. The van der Waals surface area contributed by atoms with Crippen LogP contribution < -0.4 is 0 Å². The van der Waals surface area contributed by atoms with Crippen molar-refractivity contribution in [3.8, 4) is 0 Å². The molecule has 1 unspecified atom stereocenters. The van der Waals surface area contributed by atoms with Crippen molar-refractivity contribution in [2.75, 3.05) is 13.2 Å². The van der Waals surface area contributed by atoms with Crippen LogP contribution in [0.1, 0.15) is 42.4 Å². The number of hydrogen-bond donors (Lipinski definition) is 1. The predicted octanol–water partition coefficient (Wildman–Crippen LogP) is 4.83. The number of rotatable bonds is 8. The zero-order valence-corrected chi connectivity index (χ0v) is 17.6. The van der Waals surface area contributed by atoms with Gasteiger partial charge < -0.3 is 19.2 Å². The minimum absolute atomic E-state index is 0.0417. The van der Waals surface area contributed by atoms with Gasteiger partial charge in [0.1, 0.15) is 5.58 Å². The van der Waals surface area contributed by atoms with Crippen LogP contribution in [0.3, 0.4) is 0 Å². The highest BCUT2D eigenvalue weighted by Gasteiger charge is 2.44. The molecule has 1 aliphatic rings. The molecule has 1 aromatic heterocycles. The summed E-state index contributed by atoms with van der Waals surface area (Å²) in [6, 6.07) is 17.5. The largest absolute Gasteiger partial charge is 0.503 e. The van der Waals surface area contributed by atoms with Crippen LogP contribution in [0.5, 0.6) is 0 Å². The Kier molecular flexibility index (Phi) is 5.91. The Labute approximate surface area is 180 Å². The number of aliphatic hydroxyl groups excluding tert-OH is 1. The summed E-state index contributed by atoms with van der Waals surface area (Å²) in [5.74, 6) is -1.47. The van der Waals surface area contributed by atoms with E-state index in [9.17, 15) is 14.7 Å². The molecule has 0 spiro atoms. The third-order valence-corrected chi connectivity index (χ3v) is 5.31. The number of Topliss-reactive ketones (excluding diaryl/α,β-unsaturated/α-hetero) is 1. The molecule has 0 fully saturated rings. The van der Waals surface area contributed by atoms with E-state index in [2.05, 4.69) is 0 Å². The molecule has 2 aromatic carbocycles. The van der Waals surface area contributed by atoms with Crippen molar-refractivity contribution in [3.63, 3.8) is 0 Å². The van der Waals surface area contributed by atoms with Gasteiger partial charge in [-0.15, -0.1) is 0 Å². The first-order chi connectivity index (χ1) is 15.0. The van der Waals surface area contributed by atoms with Crippen molar-refractivity contribution in [1.29, 1.82) is 0 Å². The molecule has 6 nitrogen and oxygen atoms in total. The summed E-state index contributed by atoms with van der Waals surface area (Å²) in [5, 5.41) is 11.5.